The van der Waals surface area contributed by atoms with Gasteiger partial charge in [0.15, 0.2) is 0 Å². The number of methoxy groups -OCH3 is 1. The van der Waals surface area contributed by atoms with Crippen LogP contribution < -0.4 is 5.32 Å². The number of ether oxygens (including phenoxy) is 1. The van der Waals surface area contributed by atoms with E-state index in [0.29, 0.717) is 6.04 Å². The lowest BCUT2D eigenvalue weighted by molar-refractivity contribution is 0.157. The van der Waals surface area contributed by atoms with Gasteiger partial charge in [-0.15, -0.1) is 0 Å². The minimum atomic E-state index is 0.571. The Morgan fingerprint density at radius 3 is 2.60 bits per heavy atom. The highest BCUT2D eigenvalue weighted by Gasteiger charge is 2.15. The molecule has 1 fully saturated rings. The first-order valence-corrected chi connectivity index (χ1v) is 6.59. The van der Waals surface area contributed by atoms with Gasteiger partial charge in [0.1, 0.15) is 0 Å². The summed E-state index contributed by atoms with van der Waals surface area (Å²) in [5, 5.41) is 3.50. The molecule has 0 spiro atoms. The molecule has 1 aliphatic carbocycles. The van der Waals surface area contributed by atoms with Gasteiger partial charge in [0.05, 0.1) is 6.61 Å². The number of likely N-dealkylation sites (N-methyl/N-ethyl adjacent to an activating group) is 1. The lowest BCUT2D eigenvalue weighted by Crippen LogP contribution is -2.33. The predicted octanol–water partition coefficient (Wildman–Crippen LogP) is 2.97. The number of hydrogen-bond acceptors (Lipinski definition) is 2. The Balaban J connectivity index is 2.13. The Kier molecular flexibility index (Phi) is 7.03. The van der Waals surface area contributed by atoms with Gasteiger partial charge in [-0.25, -0.2) is 0 Å². The Morgan fingerprint density at radius 2 is 2.00 bits per heavy atom. The Bertz CT molecular complexity index is 137. The van der Waals surface area contributed by atoms with Crippen LogP contribution in [-0.2, 0) is 4.74 Å². The molecule has 0 saturated heterocycles. The van der Waals surface area contributed by atoms with Crippen molar-refractivity contribution in [2.45, 2.75) is 57.9 Å². The van der Waals surface area contributed by atoms with Gasteiger partial charge in [0.25, 0.3) is 0 Å². The first-order valence-electron chi connectivity index (χ1n) is 6.59. The van der Waals surface area contributed by atoms with Gasteiger partial charge in [0, 0.05) is 13.2 Å². The highest BCUT2D eigenvalue weighted by Crippen LogP contribution is 2.27. The third-order valence-electron chi connectivity index (χ3n) is 3.51. The molecule has 1 rings (SSSR count). The van der Waals surface area contributed by atoms with Crippen molar-refractivity contribution < 1.29 is 4.74 Å². The van der Waals surface area contributed by atoms with E-state index in [-0.39, 0.29) is 0 Å². The van der Waals surface area contributed by atoms with Crippen LogP contribution in [0.3, 0.4) is 0 Å². The van der Waals surface area contributed by atoms with Gasteiger partial charge >= 0.3 is 0 Å². The summed E-state index contributed by atoms with van der Waals surface area (Å²) in [6, 6.07) is 0.571. The van der Waals surface area contributed by atoms with Crippen LogP contribution >= 0.6 is 0 Å². The monoisotopic (exact) mass is 213 g/mol. The Hall–Kier alpha value is -0.0800. The summed E-state index contributed by atoms with van der Waals surface area (Å²) in [5.41, 5.74) is 0. The average Bonchev–Trinajstić information content (AvgIpc) is 2.28. The molecule has 1 N–H and O–H groups in total. The molecule has 1 atom stereocenters. The van der Waals surface area contributed by atoms with Crippen molar-refractivity contribution in [2.24, 2.45) is 5.92 Å². The summed E-state index contributed by atoms with van der Waals surface area (Å²) in [7, 11) is 1.80. The van der Waals surface area contributed by atoms with E-state index in [1.165, 1.54) is 44.9 Å². The zero-order valence-electron chi connectivity index (χ0n) is 10.4. The Labute approximate surface area is 94.8 Å². The van der Waals surface area contributed by atoms with Crippen molar-refractivity contribution in [1.29, 1.82) is 0 Å². The first kappa shape index (κ1) is 13.0. The molecule has 0 aliphatic heterocycles. The van der Waals surface area contributed by atoms with Crippen LogP contribution in [0.25, 0.3) is 0 Å². The van der Waals surface area contributed by atoms with Crippen LogP contribution in [0.5, 0.6) is 0 Å². The molecule has 1 saturated carbocycles. The SMILES string of the molecule is CCNC(CCC1CCCCC1)COC. The van der Waals surface area contributed by atoms with E-state index in [9.17, 15) is 0 Å². The number of nitrogens with one attached hydrogen (secondary N) is 1. The summed E-state index contributed by atoms with van der Waals surface area (Å²) in [5.74, 6) is 0.997. The zero-order valence-corrected chi connectivity index (χ0v) is 10.4. The van der Waals surface area contributed by atoms with Crippen LogP contribution in [-0.4, -0.2) is 26.3 Å². The van der Waals surface area contributed by atoms with E-state index in [1.54, 1.807) is 7.11 Å². The Morgan fingerprint density at radius 1 is 1.27 bits per heavy atom. The van der Waals surface area contributed by atoms with E-state index >= 15 is 0 Å². The van der Waals surface area contributed by atoms with Gasteiger partial charge in [-0.2, -0.15) is 0 Å². The largest absolute Gasteiger partial charge is 0.383 e. The maximum atomic E-state index is 5.23. The maximum absolute atomic E-state index is 5.23. The smallest absolute Gasteiger partial charge is 0.0615 e. The molecule has 1 unspecified atom stereocenters. The van der Waals surface area contributed by atoms with Crippen LogP contribution in [0.2, 0.25) is 0 Å². The summed E-state index contributed by atoms with van der Waals surface area (Å²) in [6.45, 7) is 4.09. The molecule has 0 aromatic heterocycles. The van der Waals surface area contributed by atoms with Gasteiger partial charge in [-0.3, -0.25) is 0 Å². The summed E-state index contributed by atoms with van der Waals surface area (Å²) in [6.07, 6.45) is 9.98. The molecule has 0 aromatic carbocycles. The minimum Gasteiger partial charge on any atom is -0.383 e. The van der Waals surface area contributed by atoms with E-state index < -0.39 is 0 Å². The summed E-state index contributed by atoms with van der Waals surface area (Å²) in [4.78, 5) is 0. The topological polar surface area (TPSA) is 21.3 Å². The molecule has 0 amide bonds. The van der Waals surface area contributed by atoms with Crippen molar-refractivity contribution in [1.82, 2.24) is 5.32 Å². The van der Waals surface area contributed by atoms with Gasteiger partial charge in [-0.1, -0.05) is 39.0 Å². The second kappa shape index (κ2) is 8.12. The fraction of sp³-hybridized carbons (Fsp3) is 1.00. The number of rotatable bonds is 7. The van der Waals surface area contributed by atoms with Crippen molar-refractivity contribution in [3.05, 3.63) is 0 Å². The molecule has 0 radical (unpaired) electrons. The van der Waals surface area contributed by atoms with Crippen molar-refractivity contribution in [3.63, 3.8) is 0 Å². The lowest BCUT2D eigenvalue weighted by atomic mass is 9.85. The average molecular weight is 213 g/mol. The lowest BCUT2D eigenvalue weighted by Gasteiger charge is -2.24. The highest BCUT2D eigenvalue weighted by atomic mass is 16.5. The molecule has 90 valence electrons. The van der Waals surface area contributed by atoms with E-state index in [1.807, 2.05) is 0 Å². The second-order valence-corrected chi connectivity index (χ2v) is 4.79. The van der Waals surface area contributed by atoms with Gasteiger partial charge < -0.3 is 10.1 Å². The normalized spacial score (nSPS) is 20.4. The van der Waals surface area contributed by atoms with Crippen LogP contribution in [0.15, 0.2) is 0 Å². The second-order valence-electron chi connectivity index (χ2n) is 4.79. The molecule has 2 heteroatoms. The van der Waals surface area contributed by atoms with Crippen molar-refractivity contribution in [3.8, 4) is 0 Å². The third kappa shape index (κ3) is 5.53. The van der Waals surface area contributed by atoms with Crippen LogP contribution in [0.1, 0.15) is 51.9 Å². The third-order valence-corrected chi connectivity index (χ3v) is 3.51. The molecule has 0 aromatic rings. The van der Waals surface area contributed by atoms with Crippen molar-refractivity contribution in [2.75, 3.05) is 20.3 Å². The van der Waals surface area contributed by atoms with E-state index in [2.05, 4.69) is 12.2 Å². The summed E-state index contributed by atoms with van der Waals surface area (Å²) < 4.78 is 5.23. The molecule has 0 bridgehead atoms. The molecular formula is C13H27NO. The number of hydrogen-bond donors (Lipinski definition) is 1. The van der Waals surface area contributed by atoms with Crippen LogP contribution in [0.4, 0.5) is 0 Å². The fourth-order valence-corrected chi connectivity index (χ4v) is 2.65. The molecule has 0 heterocycles. The molecular weight excluding hydrogens is 186 g/mol. The minimum absolute atomic E-state index is 0.571. The molecule has 15 heavy (non-hydrogen) atoms. The fourth-order valence-electron chi connectivity index (χ4n) is 2.65. The van der Waals surface area contributed by atoms with Crippen LogP contribution in [0, 0.1) is 5.92 Å². The van der Waals surface area contributed by atoms with Gasteiger partial charge in [0.2, 0.25) is 0 Å². The maximum Gasteiger partial charge on any atom is 0.0615 e. The van der Waals surface area contributed by atoms with E-state index in [0.717, 1.165) is 19.1 Å². The zero-order chi connectivity index (χ0) is 10.9. The quantitative estimate of drug-likeness (QED) is 0.702. The molecule has 1 aliphatic rings. The van der Waals surface area contributed by atoms with Gasteiger partial charge in [-0.05, 0) is 25.3 Å². The summed E-state index contributed by atoms with van der Waals surface area (Å²) >= 11 is 0. The highest BCUT2D eigenvalue weighted by molar-refractivity contribution is 4.71. The predicted molar refractivity (Wildman–Crippen MR) is 65.1 cm³/mol. The molecule has 2 nitrogen and oxygen atoms in total. The van der Waals surface area contributed by atoms with Crippen molar-refractivity contribution >= 4 is 0 Å². The van der Waals surface area contributed by atoms with E-state index in [4.69, 9.17) is 4.74 Å². The first-order chi connectivity index (χ1) is 7.36. The standard InChI is InChI=1S/C13H27NO/c1-3-14-13(11-15-2)10-9-12-7-5-4-6-8-12/h12-14H,3-11H2,1-2H3.